The predicted molar refractivity (Wildman–Crippen MR) is 90.5 cm³/mol. The van der Waals surface area contributed by atoms with Gasteiger partial charge in [-0.3, -0.25) is 14.2 Å². The Bertz CT molecular complexity index is 763. The third kappa shape index (κ3) is 3.68. The first-order valence-electron chi connectivity index (χ1n) is 7.56. The van der Waals surface area contributed by atoms with E-state index in [4.69, 9.17) is 4.74 Å². The average Bonchev–Trinajstić information content (AvgIpc) is 2.53. The lowest BCUT2D eigenvalue weighted by Gasteiger charge is -2.16. The van der Waals surface area contributed by atoms with Crippen molar-refractivity contribution in [1.82, 2.24) is 9.47 Å². The predicted octanol–water partition coefficient (Wildman–Crippen LogP) is 2.52. The van der Waals surface area contributed by atoms with Crippen LogP contribution < -0.4 is 5.56 Å². The van der Waals surface area contributed by atoms with Crippen LogP contribution in [0.2, 0.25) is 0 Å². The van der Waals surface area contributed by atoms with Gasteiger partial charge in [-0.15, -0.1) is 0 Å². The van der Waals surface area contributed by atoms with Gasteiger partial charge in [0.1, 0.15) is 6.73 Å². The molecule has 5 heteroatoms. The number of ether oxygens (including phenoxy) is 1. The van der Waals surface area contributed by atoms with Crippen molar-refractivity contribution in [2.24, 2.45) is 0 Å². The van der Waals surface area contributed by atoms with Crippen molar-refractivity contribution in [3.8, 4) is 11.1 Å². The molecule has 2 rings (SSSR count). The molecule has 0 bridgehead atoms. The van der Waals surface area contributed by atoms with Crippen LogP contribution in [0.1, 0.15) is 23.0 Å². The minimum atomic E-state index is -0.138. The lowest BCUT2D eigenvalue weighted by atomic mass is 9.99. The zero-order chi connectivity index (χ0) is 17.0. The number of hydrogen-bond acceptors (Lipinski definition) is 3. The molecule has 0 aliphatic rings. The zero-order valence-electron chi connectivity index (χ0n) is 14.0. The lowest BCUT2D eigenvalue weighted by Crippen LogP contribution is -2.24. The standard InChI is InChI=1S/C18H22N2O3/c1-5-23-12-20-13(2)10-14(11-17(20)21)15-8-6-7-9-16(15)18(22)19(3)4/h6-11H,5,12H2,1-4H3. The van der Waals surface area contributed by atoms with Gasteiger partial charge in [-0.1, -0.05) is 18.2 Å². The summed E-state index contributed by atoms with van der Waals surface area (Å²) >= 11 is 0. The maximum absolute atomic E-state index is 12.3. The minimum Gasteiger partial charge on any atom is -0.361 e. The van der Waals surface area contributed by atoms with Crippen LogP contribution in [0.3, 0.4) is 0 Å². The minimum absolute atomic E-state index is 0.0863. The van der Waals surface area contributed by atoms with Crippen molar-refractivity contribution >= 4 is 5.91 Å². The Morgan fingerprint density at radius 3 is 2.52 bits per heavy atom. The van der Waals surface area contributed by atoms with E-state index in [1.54, 1.807) is 30.8 Å². The van der Waals surface area contributed by atoms with Crippen LogP contribution in [0.15, 0.2) is 41.2 Å². The highest BCUT2D eigenvalue weighted by Gasteiger charge is 2.15. The van der Waals surface area contributed by atoms with Gasteiger partial charge in [0, 0.05) is 38.0 Å². The van der Waals surface area contributed by atoms with E-state index in [1.807, 2.05) is 38.1 Å². The number of carbonyl (C=O) groups is 1. The number of hydrogen-bond donors (Lipinski definition) is 0. The first-order chi connectivity index (χ1) is 11.0. The third-order valence-corrected chi connectivity index (χ3v) is 3.63. The molecule has 23 heavy (non-hydrogen) atoms. The van der Waals surface area contributed by atoms with Crippen molar-refractivity contribution in [2.75, 3.05) is 20.7 Å². The van der Waals surface area contributed by atoms with E-state index in [1.165, 1.54) is 4.90 Å². The second kappa shape index (κ2) is 7.24. The van der Waals surface area contributed by atoms with Crippen LogP contribution in [-0.2, 0) is 11.5 Å². The zero-order valence-corrected chi connectivity index (χ0v) is 14.0. The van der Waals surface area contributed by atoms with E-state index >= 15 is 0 Å². The Balaban J connectivity index is 2.52. The number of benzene rings is 1. The average molecular weight is 314 g/mol. The van der Waals surface area contributed by atoms with E-state index in [-0.39, 0.29) is 18.2 Å². The topological polar surface area (TPSA) is 51.5 Å². The van der Waals surface area contributed by atoms with Crippen molar-refractivity contribution in [3.05, 3.63) is 58.0 Å². The molecule has 0 aliphatic heterocycles. The summed E-state index contributed by atoms with van der Waals surface area (Å²) in [5, 5.41) is 0. The maximum atomic E-state index is 12.3. The summed E-state index contributed by atoms with van der Waals surface area (Å²) in [6.07, 6.45) is 0. The van der Waals surface area contributed by atoms with Crippen LogP contribution >= 0.6 is 0 Å². The number of carbonyl (C=O) groups excluding carboxylic acids is 1. The summed E-state index contributed by atoms with van der Waals surface area (Å²) in [6, 6.07) is 10.8. The summed E-state index contributed by atoms with van der Waals surface area (Å²) in [5.41, 5.74) is 2.74. The van der Waals surface area contributed by atoms with Gasteiger partial charge in [0.2, 0.25) is 0 Å². The molecule has 0 aliphatic carbocycles. The molecule has 2 aromatic rings. The molecular weight excluding hydrogens is 292 g/mol. The molecule has 122 valence electrons. The summed E-state index contributed by atoms with van der Waals surface area (Å²) < 4.78 is 6.90. The Labute approximate surface area is 136 Å². The molecule has 0 saturated heterocycles. The van der Waals surface area contributed by atoms with Crippen LogP contribution in [0, 0.1) is 6.92 Å². The van der Waals surface area contributed by atoms with Gasteiger partial charge in [-0.25, -0.2) is 0 Å². The van der Waals surface area contributed by atoms with Gasteiger partial charge >= 0.3 is 0 Å². The van der Waals surface area contributed by atoms with Crippen molar-refractivity contribution < 1.29 is 9.53 Å². The van der Waals surface area contributed by atoms with Gasteiger partial charge in [-0.2, -0.15) is 0 Å². The van der Waals surface area contributed by atoms with Crippen LogP contribution in [0.4, 0.5) is 0 Å². The van der Waals surface area contributed by atoms with Gasteiger partial charge < -0.3 is 9.64 Å². The molecule has 5 nitrogen and oxygen atoms in total. The molecule has 1 aromatic heterocycles. The van der Waals surface area contributed by atoms with E-state index in [0.29, 0.717) is 12.2 Å². The Hall–Kier alpha value is -2.40. The smallest absolute Gasteiger partial charge is 0.253 e. The van der Waals surface area contributed by atoms with Crippen LogP contribution in [-0.4, -0.2) is 36.1 Å². The molecule has 1 amide bonds. The molecular formula is C18H22N2O3. The number of rotatable bonds is 5. The third-order valence-electron chi connectivity index (χ3n) is 3.63. The highest BCUT2D eigenvalue weighted by Crippen LogP contribution is 2.24. The van der Waals surface area contributed by atoms with Crippen molar-refractivity contribution in [2.45, 2.75) is 20.6 Å². The molecule has 0 saturated carbocycles. The molecule has 0 radical (unpaired) electrons. The second-order valence-corrected chi connectivity index (χ2v) is 5.52. The molecule has 0 unspecified atom stereocenters. The lowest BCUT2D eigenvalue weighted by molar-refractivity contribution is 0.0827. The first-order valence-corrected chi connectivity index (χ1v) is 7.56. The van der Waals surface area contributed by atoms with Crippen molar-refractivity contribution in [3.63, 3.8) is 0 Å². The largest absolute Gasteiger partial charge is 0.361 e. The van der Waals surface area contributed by atoms with Crippen molar-refractivity contribution in [1.29, 1.82) is 0 Å². The van der Waals surface area contributed by atoms with Gasteiger partial charge in [0.15, 0.2) is 0 Å². The number of aryl methyl sites for hydroxylation is 1. The number of nitrogens with zero attached hydrogens (tertiary/aromatic N) is 2. The Morgan fingerprint density at radius 1 is 1.22 bits per heavy atom. The SMILES string of the molecule is CCOCn1c(C)cc(-c2ccccc2C(=O)N(C)C)cc1=O. The van der Waals surface area contributed by atoms with E-state index in [9.17, 15) is 9.59 Å². The highest BCUT2D eigenvalue weighted by molar-refractivity contribution is 6.00. The monoisotopic (exact) mass is 314 g/mol. The fourth-order valence-corrected chi connectivity index (χ4v) is 2.40. The summed E-state index contributed by atoms with van der Waals surface area (Å²) in [5.74, 6) is -0.0863. The summed E-state index contributed by atoms with van der Waals surface area (Å²) in [6.45, 7) is 4.53. The molecule has 0 atom stereocenters. The van der Waals surface area contributed by atoms with E-state index < -0.39 is 0 Å². The Morgan fingerprint density at radius 2 is 1.91 bits per heavy atom. The summed E-state index contributed by atoms with van der Waals surface area (Å²) in [7, 11) is 3.43. The van der Waals surface area contributed by atoms with Crippen LogP contribution in [0.5, 0.6) is 0 Å². The number of amides is 1. The Kier molecular flexibility index (Phi) is 5.34. The molecule has 1 aromatic carbocycles. The fourth-order valence-electron chi connectivity index (χ4n) is 2.40. The van der Waals surface area contributed by atoms with Gasteiger partial charge in [0.25, 0.3) is 11.5 Å². The fraction of sp³-hybridized carbons (Fsp3) is 0.333. The second-order valence-electron chi connectivity index (χ2n) is 5.52. The highest BCUT2D eigenvalue weighted by atomic mass is 16.5. The molecule has 0 N–H and O–H groups in total. The normalized spacial score (nSPS) is 10.6. The number of pyridine rings is 1. The van der Waals surface area contributed by atoms with Gasteiger partial charge in [0.05, 0.1) is 0 Å². The maximum Gasteiger partial charge on any atom is 0.253 e. The van der Waals surface area contributed by atoms with Gasteiger partial charge in [-0.05, 0) is 37.1 Å². The van der Waals surface area contributed by atoms with E-state index in [0.717, 1.165) is 16.8 Å². The molecule has 0 fully saturated rings. The number of aromatic nitrogens is 1. The quantitative estimate of drug-likeness (QED) is 0.852. The summed E-state index contributed by atoms with van der Waals surface area (Å²) in [4.78, 5) is 26.2. The molecule has 0 spiro atoms. The molecule has 1 heterocycles. The first kappa shape index (κ1) is 17.0. The van der Waals surface area contributed by atoms with Crippen LogP contribution in [0.25, 0.3) is 11.1 Å². The van der Waals surface area contributed by atoms with E-state index in [2.05, 4.69) is 0 Å².